The van der Waals surface area contributed by atoms with Crippen molar-refractivity contribution in [3.63, 3.8) is 0 Å². The van der Waals surface area contributed by atoms with Crippen molar-refractivity contribution in [1.29, 1.82) is 0 Å². The van der Waals surface area contributed by atoms with Crippen molar-refractivity contribution in [2.45, 2.75) is 24.3 Å². The van der Waals surface area contributed by atoms with Gasteiger partial charge in [0.05, 0.1) is 23.0 Å². The summed E-state index contributed by atoms with van der Waals surface area (Å²) in [5.74, 6) is -1.69. The van der Waals surface area contributed by atoms with Crippen LogP contribution in [0, 0.1) is 5.82 Å². The second kappa shape index (κ2) is 8.49. The predicted molar refractivity (Wildman–Crippen MR) is 101 cm³/mol. The van der Waals surface area contributed by atoms with Crippen LogP contribution in [-0.2, 0) is 19.4 Å². The highest BCUT2D eigenvalue weighted by atomic mass is 35.5. The Kier molecular flexibility index (Phi) is 6.56. The van der Waals surface area contributed by atoms with Gasteiger partial charge in [0.15, 0.2) is 9.84 Å². The average molecular weight is 413 g/mol. The molecule has 2 amide bonds. The van der Waals surface area contributed by atoms with Gasteiger partial charge in [0.1, 0.15) is 5.82 Å². The van der Waals surface area contributed by atoms with Gasteiger partial charge in [0.25, 0.3) is 0 Å². The zero-order chi connectivity index (χ0) is 20.2. The van der Waals surface area contributed by atoms with Gasteiger partial charge < -0.3 is 10.6 Å². The van der Waals surface area contributed by atoms with E-state index in [0.717, 1.165) is 24.5 Å². The Morgan fingerprint density at radius 1 is 1.15 bits per heavy atom. The molecule has 2 N–H and O–H groups in total. The van der Waals surface area contributed by atoms with Crippen LogP contribution in [0.4, 0.5) is 10.1 Å². The summed E-state index contributed by atoms with van der Waals surface area (Å²) in [6.45, 7) is 1.32. The topological polar surface area (TPSA) is 92.3 Å². The molecule has 6 nitrogen and oxygen atoms in total. The van der Waals surface area contributed by atoms with Gasteiger partial charge in [0.2, 0.25) is 11.8 Å². The van der Waals surface area contributed by atoms with Crippen molar-refractivity contribution in [3.05, 3.63) is 58.9 Å². The summed E-state index contributed by atoms with van der Waals surface area (Å²) in [5, 5.41) is 5.51. The van der Waals surface area contributed by atoms with E-state index in [0.29, 0.717) is 10.6 Å². The lowest BCUT2D eigenvalue weighted by molar-refractivity contribution is -0.120. The van der Waals surface area contributed by atoms with Gasteiger partial charge in [-0.05, 0) is 35.9 Å². The molecule has 2 aromatic rings. The first-order chi connectivity index (χ1) is 12.6. The van der Waals surface area contributed by atoms with Gasteiger partial charge in [0, 0.05) is 18.2 Å². The lowest BCUT2D eigenvalue weighted by atomic mass is 10.0. The van der Waals surface area contributed by atoms with E-state index in [2.05, 4.69) is 10.6 Å². The van der Waals surface area contributed by atoms with Crippen molar-refractivity contribution in [2.24, 2.45) is 0 Å². The lowest BCUT2D eigenvalue weighted by Gasteiger charge is -2.18. The second-order valence-electron chi connectivity index (χ2n) is 5.97. The third-order valence-corrected chi connectivity index (χ3v) is 5.04. The standard InChI is InChI=1S/C18H18ClFN2O4S/c1-11(23)21-16(12-3-5-13(19)6-4-12)10-18(24)22-17-9-14(27(2,25)26)7-8-15(17)20/h3-9,16H,10H2,1-2H3,(H,21,23)(H,22,24). The molecule has 0 fully saturated rings. The highest BCUT2D eigenvalue weighted by Gasteiger charge is 2.19. The molecule has 9 heteroatoms. The zero-order valence-electron chi connectivity index (χ0n) is 14.6. The van der Waals surface area contributed by atoms with Crippen LogP contribution in [-0.4, -0.2) is 26.5 Å². The third kappa shape index (κ3) is 6.04. The number of halogens is 2. The molecule has 0 saturated carbocycles. The Hall–Kier alpha value is -2.45. The number of anilines is 1. The molecule has 0 radical (unpaired) electrons. The summed E-state index contributed by atoms with van der Waals surface area (Å²) < 4.78 is 37.1. The fourth-order valence-electron chi connectivity index (χ4n) is 2.41. The maximum absolute atomic E-state index is 13.9. The molecule has 0 bridgehead atoms. The van der Waals surface area contributed by atoms with E-state index in [4.69, 9.17) is 11.6 Å². The molecule has 27 heavy (non-hydrogen) atoms. The highest BCUT2D eigenvalue weighted by molar-refractivity contribution is 7.90. The normalized spacial score (nSPS) is 12.3. The molecule has 0 saturated heterocycles. The van der Waals surface area contributed by atoms with Crippen LogP contribution in [0.25, 0.3) is 0 Å². The van der Waals surface area contributed by atoms with Crippen LogP contribution in [0.5, 0.6) is 0 Å². The second-order valence-corrected chi connectivity index (χ2v) is 8.42. The molecule has 2 aromatic carbocycles. The van der Waals surface area contributed by atoms with Crippen molar-refractivity contribution >= 4 is 38.9 Å². The van der Waals surface area contributed by atoms with Crippen LogP contribution in [0.1, 0.15) is 24.9 Å². The molecular weight excluding hydrogens is 395 g/mol. The SMILES string of the molecule is CC(=O)NC(CC(=O)Nc1cc(S(C)(=O)=O)ccc1F)c1ccc(Cl)cc1. The minimum absolute atomic E-state index is 0.115. The Labute approximate surface area is 161 Å². The summed E-state index contributed by atoms with van der Waals surface area (Å²) in [6, 6.07) is 9.07. The first-order valence-corrected chi connectivity index (χ1v) is 10.1. The maximum Gasteiger partial charge on any atom is 0.226 e. The quantitative estimate of drug-likeness (QED) is 0.713. The Morgan fingerprint density at radius 2 is 1.78 bits per heavy atom. The number of sulfone groups is 1. The van der Waals surface area contributed by atoms with E-state index < -0.39 is 27.6 Å². The van der Waals surface area contributed by atoms with Crippen LogP contribution in [0.3, 0.4) is 0 Å². The Balaban J connectivity index is 2.21. The number of rotatable bonds is 6. The number of benzene rings is 2. The van der Waals surface area contributed by atoms with E-state index in [-0.39, 0.29) is 22.9 Å². The summed E-state index contributed by atoms with van der Waals surface area (Å²) in [4.78, 5) is 23.7. The number of carbonyl (C=O) groups excluding carboxylic acids is 2. The van der Waals surface area contributed by atoms with E-state index in [1.807, 2.05) is 0 Å². The predicted octanol–water partition coefficient (Wildman–Crippen LogP) is 3.09. The van der Waals surface area contributed by atoms with Crippen LogP contribution in [0.2, 0.25) is 5.02 Å². The van der Waals surface area contributed by atoms with E-state index in [1.54, 1.807) is 24.3 Å². The molecule has 0 aliphatic carbocycles. The van der Waals surface area contributed by atoms with Gasteiger partial charge >= 0.3 is 0 Å². The van der Waals surface area contributed by atoms with Gasteiger partial charge in [-0.15, -0.1) is 0 Å². The molecule has 0 aromatic heterocycles. The van der Waals surface area contributed by atoms with E-state index >= 15 is 0 Å². The van der Waals surface area contributed by atoms with E-state index in [1.165, 1.54) is 6.92 Å². The van der Waals surface area contributed by atoms with Crippen LogP contribution >= 0.6 is 11.6 Å². The van der Waals surface area contributed by atoms with Gasteiger partial charge in [-0.2, -0.15) is 0 Å². The molecule has 0 aliphatic heterocycles. The molecule has 0 aliphatic rings. The summed E-state index contributed by atoms with van der Waals surface area (Å²) >= 11 is 5.85. The van der Waals surface area contributed by atoms with Gasteiger partial charge in [-0.25, -0.2) is 12.8 Å². The molecule has 1 unspecified atom stereocenters. The summed E-state index contributed by atoms with van der Waals surface area (Å²) in [6.07, 6.45) is 0.808. The largest absolute Gasteiger partial charge is 0.349 e. The van der Waals surface area contributed by atoms with E-state index in [9.17, 15) is 22.4 Å². The van der Waals surface area contributed by atoms with Gasteiger partial charge in [-0.1, -0.05) is 23.7 Å². The van der Waals surface area contributed by atoms with Crippen molar-refractivity contribution in [1.82, 2.24) is 5.32 Å². The van der Waals surface area contributed by atoms with Crippen molar-refractivity contribution < 1.29 is 22.4 Å². The fraction of sp³-hybridized carbons (Fsp3) is 0.222. The Bertz CT molecular complexity index is 962. The van der Waals surface area contributed by atoms with Crippen molar-refractivity contribution in [3.8, 4) is 0 Å². The number of carbonyl (C=O) groups is 2. The fourth-order valence-corrected chi connectivity index (χ4v) is 3.18. The summed E-state index contributed by atoms with van der Waals surface area (Å²) in [7, 11) is -3.55. The average Bonchev–Trinajstić information content (AvgIpc) is 2.55. The Morgan fingerprint density at radius 3 is 2.33 bits per heavy atom. The molecule has 144 valence electrons. The monoisotopic (exact) mass is 412 g/mol. The summed E-state index contributed by atoms with van der Waals surface area (Å²) in [5.41, 5.74) is 0.399. The van der Waals surface area contributed by atoms with Crippen LogP contribution in [0.15, 0.2) is 47.4 Å². The molecule has 1 atom stereocenters. The first kappa shape index (κ1) is 20.9. The zero-order valence-corrected chi connectivity index (χ0v) is 16.2. The minimum Gasteiger partial charge on any atom is -0.349 e. The smallest absolute Gasteiger partial charge is 0.226 e. The maximum atomic E-state index is 13.9. The van der Waals surface area contributed by atoms with Crippen LogP contribution < -0.4 is 10.6 Å². The molecular formula is C18H18ClFN2O4S. The lowest BCUT2D eigenvalue weighted by Crippen LogP contribution is -2.29. The number of hydrogen-bond donors (Lipinski definition) is 2. The molecule has 2 rings (SSSR count). The number of hydrogen-bond acceptors (Lipinski definition) is 4. The first-order valence-electron chi connectivity index (χ1n) is 7.88. The minimum atomic E-state index is -3.55. The number of amides is 2. The number of nitrogens with one attached hydrogen (secondary N) is 2. The molecule has 0 heterocycles. The van der Waals surface area contributed by atoms with Crippen molar-refractivity contribution in [2.75, 3.05) is 11.6 Å². The van der Waals surface area contributed by atoms with Gasteiger partial charge in [-0.3, -0.25) is 9.59 Å². The molecule has 0 spiro atoms. The third-order valence-electron chi connectivity index (χ3n) is 3.68. The highest BCUT2D eigenvalue weighted by Crippen LogP contribution is 2.23.